The summed E-state index contributed by atoms with van der Waals surface area (Å²) in [5, 5.41) is 4.72. The molecule has 0 unspecified atom stereocenters. The molecule has 0 radical (unpaired) electrons. The van der Waals surface area contributed by atoms with E-state index in [2.05, 4.69) is 66.5 Å². The van der Waals surface area contributed by atoms with Crippen molar-refractivity contribution in [3.05, 3.63) is 53.8 Å². The fourth-order valence-electron chi connectivity index (χ4n) is 5.26. The fourth-order valence-corrected chi connectivity index (χ4v) is 5.97. The zero-order valence-electron chi connectivity index (χ0n) is 19.6. The summed E-state index contributed by atoms with van der Waals surface area (Å²) in [4.78, 5) is 17.8. The SMILES string of the molecule is C1=C(c2cc3c(Nc4ccc5ncsc5c4)ccnc3[nH]2)CCN(CCCN2CCCCC2)C1. The van der Waals surface area contributed by atoms with Gasteiger partial charge in [-0.3, -0.25) is 4.90 Å². The lowest BCUT2D eigenvalue weighted by Gasteiger charge is -2.29. The van der Waals surface area contributed by atoms with Crippen molar-refractivity contribution in [1.82, 2.24) is 24.8 Å². The van der Waals surface area contributed by atoms with Crippen LogP contribution >= 0.6 is 11.3 Å². The van der Waals surface area contributed by atoms with Crippen LogP contribution in [0.4, 0.5) is 11.4 Å². The Morgan fingerprint density at radius 3 is 2.76 bits per heavy atom. The van der Waals surface area contributed by atoms with Crippen LogP contribution in [0.5, 0.6) is 0 Å². The zero-order chi connectivity index (χ0) is 22.7. The van der Waals surface area contributed by atoms with Crippen LogP contribution in [0.2, 0.25) is 0 Å². The van der Waals surface area contributed by atoms with Crippen molar-refractivity contribution < 1.29 is 0 Å². The smallest absolute Gasteiger partial charge is 0.139 e. The highest BCUT2D eigenvalue weighted by molar-refractivity contribution is 7.16. The number of H-pyrrole nitrogens is 1. The molecule has 4 aromatic rings. The Morgan fingerprint density at radius 1 is 0.971 bits per heavy atom. The minimum absolute atomic E-state index is 0.934. The van der Waals surface area contributed by atoms with Crippen LogP contribution in [0.1, 0.15) is 37.8 Å². The summed E-state index contributed by atoms with van der Waals surface area (Å²) in [6.07, 6.45) is 10.8. The van der Waals surface area contributed by atoms with E-state index in [1.54, 1.807) is 11.3 Å². The molecule has 0 atom stereocenters. The maximum absolute atomic E-state index is 4.59. The molecule has 6 nitrogen and oxygen atoms in total. The van der Waals surface area contributed by atoms with E-state index < -0.39 is 0 Å². The third kappa shape index (κ3) is 4.73. The van der Waals surface area contributed by atoms with Gasteiger partial charge >= 0.3 is 0 Å². The Bertz CT molecular complexity index is 1300. The number of pyridine rings is 1. The van der Waals surface area contributed by atoms with Crippen molar-refractivity contribution in [3.63, 3.8) is 0 Å². The summed E-state index contributed by atoms with van der Waals surface area (Å²) >= 11 is 1.67. The number of thiazole rings is 1. The quantitative estimate of drug-likeness (QED) is 0.352. The van der Waals surface area contributed by atoms with E-state index in [-0.39, 0.29) is 0 Å². The number of anilines is 2. The van der Waals surface area contributed by atoms with Gasteiger partial charge in [-0.2, -0.15) is 0 Å². The lowest BCUT2D eigenvalue weighted by atomic mass is 10.0. The van der Waals surface area contributed by atoms with Crippen molar-refractivity contribution in [3.8, 4) is 0 Å². The van der Waals surface area contributed by atoms with Crippen LogP contribution in [0.25, 0.3) is 26.8 Å². The lowest BCUT2D eigenvalue weighted by molar-refractivity contribution is 0.207. The molecule has 3 aromatic heterocycles. The average Bonchev–Trinajstić information content (AvgIpc) is 3.53. The standard InChI is InChI=1S/C27H32N6S/c1-2-11-32(12-3-1)13-4-14-33-15-8-20(9-16-33)25-18-22-23(7-10-28-27(22)31-25)30-21-5-6-24-26(17-21)34-19-29-24/h5-8,10,17-19H,1-4,9,11-16H2,(H2,28,30,31). The molecule has 2 aliphatic rings. The molecule has 5 heterocycles. The maximum Gasteiger partial charge on any atom is 0.139 e. The first-order valence-electron chi connectivity index (χ1n) is 12.5. The Morgan fingerprint density at radius 2 is 1.88 bits per heavy atom. The molecular formula is C27H32N6S. The molecule has 2 N–H and O–H groups in total. The van der Waals surface area contributed by atoms with Crippen LogP contribution in [0.15, 0.2) is 48.1 Å². The monoisotopic (exact) mass is 472 g/mol. The maximum atomic E-state index is 4.59. The van der Waals surface area contributed by atoms with Crippen LogP contribution in [0, 0.1) is 0 Å². The van der Waals surface area contributed by atoms with Crippen molar-refractivity contribution >= 4 is 49.5 Å². The van der Waals surface area contributed by atoms with Crippen molar-refractivity contribution in [2.45, 2.75) is 32.1 Å². The molecule has 0 bridgehead atoms. The predicted octanol–water partition coefficient (Wildman–Crippen LogP) is 5.88. The molecule has 0 saturated carbocycles. The highest BCUT2D eigenvalue weighted by Crippen LogP contribution is 2.31. The van der Waals surface area contributed by atoms with Gasteiger partial charge in [-0.1, -0.05) is 12.5 Å². The minimum Gasteiger partial charge on any atom is -0.355 e. The highest BCUT2D eigenvalue weighted by Gasteiger charge is 2.17. The number of hydrogen-bond donors (Lipinski definition) is 2. The van der Waals surface area contributed by atoms with Crippen molar-refractivity contribution in [2.75, 3.05) is 44.6 Å². The first-order valence-corrected chi connectivity index (χ1v) is 13.4. The number of likely N-dealkylation sites (tertiary alicyclic amines) is 1. The second kappa shape index (κ2) is 9.86. The summed E-state index contributed by atoms with van der Waals surface area (Å²) in [6.45, 7) is 7.23. The van der Waals surface area contributed by atoms with E-state index in [9.17, 15) is 0 Å². The predicted molar refractivity (Wildman–Crippen MR) is 143 cm³/mol. The van der Waals surface area contributed by atoms with Crippen molar-refractivity contribution in [1.29, 1.82) is 0 Å². The summed E-state index contributed by atoms with van der Waals surface area (Å²) in [6, 6.07) is 10.6. The van der Waals surface area contributed by atoms with E-state index in [0.29, 0.717) is 0 Å². The van der Waals surface area contributed by atoms with E-state index >= 15 is 0 Å². The first-order chi connectivity index (χ1) is 16.8. The molecule has 0 amide bonds. The third-order valence-corrected chi connectivity index (χ3v) is 7.97. The second-order valence-electron chi connectivity index (χ2n) is 9.50. The Hall–Kier alpha value is -2.74. The van der Waals surface area contributed by atoms with Crippen molar-refractivity contribution in [2.24, 2.45) is 0 Å². The number of aromatic amines is 1. The molecule has 1 aromatic carbocycles. The minimum atomic E-state index is 0.934. The summed E-state index contributed by atoms with van der Waals surface area (Å²) in [5.41, 5.74) is 8.62. The van der Waals surface area contributed by atoms with Gasteiger partial charge in [0.15, 0.2) is 0 Å². The van der Waals surface area contributed by atoms with Crippen LogP contribution in [0.3, 0.4) is 0 Å². The van der Waals surface area contributed by atoms with Gasteiger partial charge < -0.3 is 15.2 Å². The number of fused-ring (bicyclic) bond motifs is 2. The van der Waals surface area contributed by atoms with E-state index in [1.165, 1.54) is 67.8 Å². The van der Waals surface area contributed by atoms with E-state index in [1.807, 2.05) is 11.7 Å². The zero-order valence-corrected chi connectivity index (χ0v) is 20.4. The molecule has 176 valence electrons. The normalized spacial score (nSPS) is 17.9. The van der Waals surface area contributed by atoms with E-state index in [4.69, 9.17) is 0 Å². The molecule has 0 spiro atoms. The number of piperidine rings is 1. The number of hydrogen-bond acceptors (Lipinski definition) is 6. The molecule has 1 fully saturated rings. The first kappa shape index (κ1) is 21.8. The number of aromatic nitrogens is 3. The van der Waals surface area contributed by atoms with Gasteiger partial charge in [-0.15, -0.1) is 11.3 Å². The molecule has 1 saturated heterocycles. The van der Waals surface area contributed by atoms with Gasteiger partial charge in [-0.05, 0) is 87.8 Å². The van der Waals surface area contributed by atoms with Gasteiger partial charge in [-0.25, -0.2) is 9.97 Å². The number of rotatable bonds is 7. The molecule has 0 aliphatic carbocycles. The fraction of sp³-hybridized carbons (Fsp3) is 0.407. The molecule has 2 aliphatic heterocycles. The second-order valence-corrected chi connectivity index (χ2v) is 10.4. The van der Waals surface area contributed by atoms with Crippen LogP contribution in [-0.2, 0) is 0 Å². The van der Waals surface area contributed by atoms with Gasteiger partial charge in [0, 0.05) is 36.1 Å². The highest BCUT2D eigenvalue weighted by atomic mass is 32.1. The van der Waals surface area contributed by atoms with Gasteiger partial charge in [0.2, 0.25) is 0 Å². The molecule has 34 heavy (non-hydrogen) atoms. The number of nitrogens with zero attached hydrogens (tertiary/aromatic N) is 4. The third-order valence-electron chi connectivity index (χ3n) is 7.18. The molecular weight excluding hydrogens is 440 g/mol. The molecule has 7 heteroatoms. The molecule has 6 rings (SSSR count). The largest absolute Gasteiger partial charge is 0.355 e. The lowest BCUT2D eigenvalue weighted by Crippen LogP contribution is -2.34. The summed E-state index contributed by atoms with van der Waals surface area (Å²) in [7, 11) is 0. The van der Waals surface area contributed by atoms with E-state index in [0.717, 1.165) is 47.4 Å². The summed E-state index contributed by atoms with van der Waals surface area (Å²) < 4.78 is 1.19. The van der Waals surface area contributed by atoms with Gasteiger partial charge in [0.1, 0.15) is 5.65 Å². The Labute approximate surface area is 204 Å². The van der Waals surface area contributed by atoms with Crippen LogP contribution < -0.4 is 5.32 Å². The number of nitrogens with one attached hydrogen (secondary N) is 2. The van der Waals surface area contributed by atoms with Gasteiger partial charge in [0.25, 0.3) is 0 Å². The summed E-state index contributed by atoms with van der Waals surface area (Å²) in [5.74, 6) is 0. The Kier molecular flexibility index (Phi) is 6.31. The number of benzene rings is 1. The average molecular weight is 473 g/mol. The van der Waals surface area contributed by atoms with Crippen LogP contribution in [-0.4, -0.2) is 64.0 Å². The Balaban J connectivity index is 1.12. The topological polar surface area (TPSA) is 60.1 Å². The van der Waals surface area contributed by atoms with Gasteiger partial charge in [0.05, 0.1) is 21.4 Å².